The second kappa shape index (κ2) is 3.01. The Bertz CT molecular complexity index is 383. The Morgan fingerprint density at radius 3 is 3.08 bits per heavy atom. The van der Waals surface area contributed by atoms with Crippen LogP contribution in [-0.2, 0) is 11.2 Å². The van der Waals surface area contributed by atoms with Crippen molar-refractivity contribution < 1.29 is 9.90 Å². The maximum absolute atomic E-state index is 10.5. The molecule has 1 aromatic rings. The zero-order chi connectivity index (χ0) is 9.26. The van der Waals surface area contributed by atoms with Crippen LogP contribution in [0.1, 0.15) is 17.7 Å². The number of allylic oxidation sites excluding steroid dienone is 1. The standard InChI is InChI=1S/C10H9NO2/c12-6-7-1-2-9-8(5-7)10(13)3-4-11-9/h3-6H,1-2H2,(H,11,13). The summed E-state index contributed by atoms with van der Waals surface area (Å²) in [7, 11) is 0. The van der Waals surface area contributed by atoms with Crippen LogP contribution in [0.5, 0.6) is 5.75 Å². The first-order valence-electron chi connectivity index (χ1n) is 4.14. The van der Waals surface area contributed by atoms with Crippen molar-refractivity contribution in [2.45, 2.75) is 12.8 Å². The van der Waals surface area contributed by atoms with E-state index in [2.05, 4.69) is 4.98 Å². The molecule has 0 saturated carbocycles. The second-order valence-corrected chi connectivity index (χ2v) is 3.03. The van der Waals surface area contributed by atoms with Gasteiger partial charge in [0.25, 0.3) is 0 Å². The van der Waals surface area contributed by atoms with Crippen LogP contribution in [0.2, 0.25) is 0 Å². The molecule has 3 nitrogen and oxygen atoms in total. The van der Waals surface area contributed by atoms with Crippen molar-refractivity contribution in [2.24, 2.45) is 0 Å². The molecule has 1 heterocycles. The van der Waals surface area contributed by atoms with E-state index in [4.69, 9.17) is 0 Å². The van der Waals surface area contributed by atoms with E-state index in [9.17, 15) is 9.90 Å². The lowest BCUT2D eigenvalue weighted by Crippen LogP contribution is -2.02. The number of aryl methyl sites for hydroxylation is 1. The second-order valence-electron chi connectivity index (χ2n) is 3.03. The Balaban J connectivity index is 2.55. The minimum atomic E-state index is 0.198. The summed E-state index contributed by atoms with van der Waals surface area (Å²) in [4.78, 5) is 14.6. The topological polar surface area (TPSA) is 50.2 Å². The SMILES string of the molecule is O=CC1=Cc2c(O)ccnc2CC1. The van der Waals surface area contributed by atoms with Crippen molar-refractivity contribution >= 4 is 12.4 Å². The zero-order valence-corrected chi connectivity index (χ0v) is 7.03. The molecule has 0 aliphatic heterocycles. The first-order valence-corrected chi connectivity index (χ1v) is 4.14. The molecule has 0 aromatic carbocycles. The first-order chi connectivity index (χ1) is 6.31. The molecular weight excluding hydrogens is 166 g/mol. The molecule has 0 fully saturated rings. The summed E-state index contributed by atoms with van der Waals surface area (Å²) in [5.74, 6) is 0.198. The molecule has 0 amide bonds. The van der Waals surface area contributed by atoms with Gasteiger partial charge in [0.05, 0.1) is 5.69 Å². The summed E-state index contributed by atoms with van der Waals surface area (Å²) in [6.45, 7) is 0. The molecule has 66 valence electrons. The fourth-order valence-electron chi connectivity index (χ4n) is 1.47. The monoisotopic (exact) mass is 175 g/mol. The van der Waals surface area contributed by atoms with Gasteiger partial charge in [-0.3, -0.25) is 9.78 Å². The van der Waals surface area contributed by atoms with E-state index in [-0.39, 0.29) is 5.75 Å². The third-order valence-corrected chi connectivity index (χ3v) is 2.18. The molecule has 0 radical (unpaired) electrons. The number of nitrogens with zero attached hydrogens (tertiary/aromatic N) is 1. The maximum atomic E-state index is 10.5. The predicted molar refractivity (Wildman–Crippen MR) is 48.3 cm³/mol. The fraction of sp³-hybridized carbons (Fsp3) is 0.200. The van der Waals surface area contributed by atoms with E-state index in [1.54, 1.807) is 12.3 Å². The van der Waals surface area contributed by atoms with Gasteiger partial charge in [0.2, 0.25) is 0 Å². The zero-order valence-electron chi connectivity index (χ0n) is 7.03. The van der Waals surface area contributed by atoms with Crippen LogP contribution in [0.4, 0.5) is 0 Å². The average Bonchev–Trinajstić information content (AvgIpc) is 2.18. The van der Waals surface area contributed by atoms with Gasteiger partial charge in [0.15, 0.2) is 0 Å². The van der Waals surface area contributed by atoms with Gasteiger partial charge in [-0.25, -0.2) is 0 Å². The molecular formula is C10H9NO2. The number of aldehydes is 1. The molecule has 0 saturated heterocycles. The number of hydrogen-bond donors (Lipinski definition) is 1. The highest BCUT2D eigenvalue weighted by atomic mass is 16.3. The van der Waals surface area contributed by atoms with E-state index < -0.39 is 0 Å². The first kappa shape index (κ1) is 7.98. The number of fused-ring (bicyclic) bond motifs is 1. The molecule has 1 N–H and O–H groups in total. The Labute approximate surface area is 75.7 Å². The van der Waals surface area contributed by atoms with Crippen molar-refractivity contribution in [2.75, 3.05) is 0 Å². The lowest BCUT2D eigenvalue weighted by molar-refractivity contribution is -0.105. The van der Waals surface area contributed by atoms with E-state index in [1.807, 2.05) is 0 Å². The van der Waals surface area contributed by atoms with Gasteiger partial charge in [-0.1, -0.05) is 0 Å². The molecule has 13 heavy (non-hydrogen) atoms. The van der Waals surface area contributed by atoms with Crippen molar-refractivity contribution in [1.29, 1.82) is 0 Å². The summed E-state index contributed by atoms with van der Waals surface area (Å²) in [5.41, 5.74) is 2.28. The molecule has 0 spiro atoms. The molecule has 0 bridgehead atoms. The lowest BCUT2D eigenvalue weighted by Gasteiger charge is -2.12. The fourth-order valence-corrected chi connectivity index (χ4v) is 1.47. The average molecular weight is 175 g/mol. The van der Waals surface area contributed by atoms with E-state index in [0.717, 1.165) is 24.0 Å². The van der Waals surface area contributed by atoms with Crippen LogP contribution in [0.3, 0.4) is 0 Å². The summed E-state index contributed by atoms with van der Waals surface area (Å²) in [6, 6.07) is 1.53. The molecule has 2 rings (SSSR count). The predicted octanol–water partition coefficient (Wildman–Crippen LogP) is 1.32. The van der Waals surface area contributed by atoms with E-state index in [1.165, 1.54) is 6.07 Å². The van der Waals surface area contributed by atoms with E-state index in [0.29, 0.717) is 12.0 Å². The Morgan fingerprint density at radius 2 is 2.31 bits per heavy atom. The number of aromatic nitrogens is 1. The van der Waals surface area contributed by atoms with Gasteiger partial charge in [-0.2, -0.15) is 0 Å². The number of aromatic hydroxyl groups is 1. The lowest BCUT2D eigenvalue weighted by atomic mass is 9.96. The van der Waals surface area contributed by atoms with E-state index >= 15 is 0 Å². The number of pyridine rings is 1. The van der Waals surface area contributed by atoms with Crippen LogP contribution in [0.15, 0.2) is 17.8 Å². The third-order valence-electron chi connectivity index (χ3n) is 2.18. The molecule has 0 unspecified atom stereocenters. The number of rotatable bonds is 1. The molecule has 3 heteroatoms. The van der Waals surface area contributed by atoms with Gasteiger partial charge < -0.3 is 5.11 Å². The van der Waals surface area contributed by atoms with Gasteiger partial charge >= 0.3 is 0 Å². The number of carbonyl (C=O) groups is 1. The van der Waals surface area contributed by atoms with Gasteiger partial charge in [-0.15, -0.1) is 0 Å². The normalized spacial score (nSPS) is 14.6. The van der Waals surface area contributed by atoms with Crippen LogP contribution in [0, 0.1) is 0 Å². The summed E-state index contributed by atoms with van der Waals surface area (Å²) < 4.78 is 0. The van der Waals surface area contributed by atoms with Crippen LogP contribution in [0.25, 0.3) is 6.08 Å². The third kappa shape index (κ3) is 1.33. The minimum Gasteiger partial charge on any atom is -0.507 e. The number of carbonyl (C=O) groups excluding carboxylic acids is 1. The van der Waals surface area contributed by atoms with Gasteiger partial charge in [0.1, 0.15) is 12.0 Å². The quantitative estimate of drug-likeness (QED) is 0.655. The molecule has 1 aromatic heterocycles. The van der Waals surface area contributed by atoms with Gasteiger partial charge in [-0.05, 0) is 30.6 Å². The maximum Gasteiger partial charge on any atom is 0.146 e. The number of hydrogen-bond acceptors (Lipinski definition) is 3. The molecule has 0 atom stereocenters. The highest BCUT2D eigenvalue weighted by Gasteiger charge is 2.13. The highest BCUT2D eigenvalue weighted by Crippen LogP contribution is 2.27. The van der Waals surface area contributed by atoms with Crippen molar-refractivity contribution in [3.63, 3.8) is 0 Å². The largest absolute Gasteiger partial charge is 0.507 e. The Kier molecular flexibility index (Phi) is 1.85. The Hall–Kier alpha value is -1.64. The van der Waals surface area contributed by atoms with Crippen LogP contribution >= 0.6 is 0 Å². The minimum absolute atomic E-state index is 0.198. The highest BCUT2D eigenvalue weighted by molar-refractivity contribution is 5.84. The summed E-state index contributed by atoms with van der Waals surface area (Å²) in [5, 5.41) is 9.47. The van der Waals surface area contributed by atoms with Crippen LogP contribution in [-0.4, -0.2) is 16.4 Å². The van der Waals surface area contributed by atoms with Crippen LogP contribution < -0.4 is 0 Å². The molecule has 1 aliphatic rings. The Morgan fingerprint density at radius 1 is 1.46 bits per heavy atom. The van der Waals surface area contributed by atoms with Crippen molar-refractivity contribution in [3.8, 4) is 5.75 Å². The summed E-state index contributed by atoms with van der Waals surface area (Å²) >= 11 is 0. The van der Waals surface area contributed by atoms with Crippen molar-refractivity contribution in [1.82, 2.24) is 4.98 Å². The summed E-state index contributed by atoms with van der Waals surface area (Å²) in [6.07, 6.45) is 5.55. The van der Waals surface area contributed by atoms with Gasteiger partial charge in [0, 0.05) is 11.8 Å². The molecule has 1 aliphatic carbocycles. The van der Waals surface area contributed by atoms with Crippen molar-refractivity contribution in [3.05, 3.63) is 29.1 Å². The smallest absolute Gasteiger partial charge is 0.146 e.